The number of nitrogens with zero attached hydrogens (tertiary/aromatic N) is 2. The molecule has 2 aromatic rings. The van der Waals surface area contributed by atoms with E-state index in [4.69, 9.17) is 16.3 Å². The summed E-state index contributed by atoms with van der Waals surface area (Å²) in [5, 5.41) is 8.30. The molecular weight excluding hydrogens is 447 g/mol. The summed E-state index contributed by atoms with van der Waals surface area (Å²) >= 11 is 7.65. The standard InChI is InChI=1S/C15H19ClN4OS.HI/c1-17-15(18-8-11-3-2-6-21-11)19-9-14-20-12-7-10(16)4-5-13(12)22-14;/h4-5,7,11H,2-3,6,8-9H2,1H3,(H2,17,18,19);1H. The maximum Gasteiger partial charge on any atom is 0.191 e. The van der Waals surface area contributed by atoms with Crippen LogP contribution < -0.4 is 10.6 Å². The van der Waals surface area contributed by atoms with E-state index in [9.17, 15) is 0 Å². The summed E-state index contributed by atoms with van der Waals surface area (Å²) in [5.74, 6) is 0.771. The number of hydrogen-bond donors (Lipinski definition) is 2. The van der Waals surface area contributed by atoms with Gasteiger partial charge in [-0.25, -0.2) is 4.98 Å². The van der Waals surface area contributed by atoms with Gasteiger partial charge in [0.05, 0.1) is 22.9 Å². The Morgan fingerprint density at radius 3 is 3.09 bits per heavy atom. The van der Waals surface area contributed by atoms with E-state index in [0.29, 0.717) is 17.7 Å². The van der Waals surface area contributed by atoms with Crippen LogP contribution in [0.25, 0.3) is 10.2 Å². The molecule has 0 amide bonds. The zero-order valence-electron chi connectivity index (χ0n) is 12.8. The normalized spacial score (nSPS) is 18.0. The maximum absolute atomic E-state index is 5.99. The van der Waals surface area contributed by atoms with Crippen molar-refractivity contribution >= 4 is 63.1 Å². The third kappa shape index (κ3) is 5.17. The second-order valence-electron chi connectivity index (χ2n) is 5.16. The first-order valence-electron chi connectivity index (χ1n) is 7.35. The molecule has 8 heteroatoms. The molecule has 0 aliphatic carbocycles. The fraction of sp³-hybridized carbons (Fsp3) is 0.467. The predicted molar refractivity (Wildman–Crippen MR) is 107 cm³/mol. The van der Waals surface area contributed by atoms with Gasteiger partial charge in [-0.1, -0.05) is 11.6 Å². The van der Waals surface area contributed by atoms with E-state index < -0.39 is 0 Å². The smallest absolute Gasteiger partial charge is 0.191 e. The van der Waals surface area contributed by atoms with Crippen LogP contribution in [-0.4, -0.2) is 37.2 Å². The first-order valence-corrected chi connectivity index (χ1v) is 8.55. The van der Waals surface area contributed by atoms with Gasteiger partial charge in [-0.2, -0.15) is 0 Å². The van der Waals surface area contributed by atoms with Crippen molar-refractivity contribution in [3.8, 4) is 0 Å². The SMILES string of the molecule is CN=C(NCc1nc2cc(Cl)ccc2s1)NCC1CCCO1.I. The number of rotatable bonds is 4. The summed E-state index contributed by atoms with van der Waals surface area (Å²) < 4.78 is 6.74. The molecule has 126 valence electrons. The number of aliphatic imine (C=N–C) groups is 1. The summed E-state index contributed by atoms with van der Waals surface area (Å²) in [6.07, 6.45) is 2.55. The number of nitrogens with one attached hydrogen (secondary N) is 2. The molecule has 1 unspecified atom stereocenters. The third-order valence-corrected chi connectivity index (χ3v) is 4.82. The highest BCUT2D eigenvalue weighted by atomic mass is 127. The fourth-order valence-corrected chi connectivity index (χ4v) is 3.47. The number of thiazole rings is 1. The lowest BCUT2D eigenvalue weighted by Crippen LogP contribution is -2.40. The summed E-state index contributed by atoms with van der Waals surface area (Å²) in [5.41, 5.74) is 0.941. The Morgan fingerprint density at radius 2 is 2.35 bits per heavy atom. The molecule has 1 fully saturated rings. The first-order chi connectivity index (χ1) is 10.7. The summed E-state index contributed by atoms with van der Waals surface area (Å²) in [7, 11) is 1.77. The molecule has 0 bridgehead atoms. The van der Waals surface area contributed by atoms with Crippen LogP contribution in [0.4, 0.5) is 0 Å². The molecule has 1 saturated heterocycles. The van der Waals surface area contributed by atoms with E-state index in [2.05, 4.69) is 20.6 Å². The minimum Gasteiger partial charge on any atom is -0.376 e. The van der Waals surface area contributed by atoms with E-state index in [0.717, 1.165) is 47.2 Å². The van der Waals surface area contributed by atoms with E-state index in [1.165, 1.54) is 0 Å². The molecule has 0 radical (unpaired) electrons. The van der Waals surface area contributed by atoms with E-state index >= 15 is 0 Å². The molecule has 1 atom stereocenters. The zero-order chi connectivity index (χ0) is 15.4. The van der Waals surface area contributed by atoms with Crippen LogP contribution in [0, 0.1) is 0 Å². The number of aromatic nitrogens is 1. The Morgan fingerprint density at radius 1 is 1.48 bits per heavy atom. The molecule has 23 heavy (non-hydrogen) atoms. The minimum atomic E-state index is 0. The van der Waals surface area contributed by atoms with Crippen molar-refractivity contribution in [2.75, 3.05) is 20.2 Å². The van der Waals surface area contributed by atoms with Gasteiger partial charge in [-0.05, 0) is 31.0 Å². The Bertz CT molecular complexity index is 673. The average Bonchev–Trinajstić information content (AvgIpc) is 3.16. The van der Waals surface area contributed by atoms with Crippen LogP contribution in [0.5, 0.6) is 0 Å². The molecule has 0 spiro atoms. The van der Waals surface area contributed by atoms with Gasteiger partial charge < -0.3 is 15.4 Å². The van der Waals surface area contributed by atoms with Gasteiger partial charge in [0.2, 0.25) is 0 Å². The Kier molecular flexibility index (Phi) is 7.32. The monoisotopic (exact) mass is 466 g/mol. The maximum atomic E-state index is 5.99. The first kappa shape index (κ1) is 18.7. The zero-order valence-corrected chi connectivity index (χ0v) is 16.7. The Balaban J connectivity index is 0.00000192. The molecule has 2 heterocycles. The molecule has 5 nitrogen and oxygen atoms in total. The third-order valence-electron chi connectivity index (χ3n) is 3.55. The molecule has 0 saturated carbocycles. The van der Waals surface area contributed by atoms with Crippen LogP contribution in [0.2, 0.25) is 5.02 Å². The highest BCUT2D eigenvalue weighted by molar-refractivity contribution is 14.0. The van der Waals surface area contributed by atoms with Gasteiger partial charge in [0, 0.05) is 25.2 Å². The van der Waals surface area contributed by atoms with Crippen LogP contribution in [0.1, 0.15) is 17.8 Å². The molecule has 1 aromatic carbocycles. The quantitative estimate of drug-likeness (QED) is 0.412. The average molecular weight is 467 g/mol. The van der Waals surface area contributed by atoms with E-state index in [1.807, 2.05) is 18.2 Å². The molecular formula is C15H20ClIN4OS. The largest absolute Gasteiger partial charge is 0.376 e. The van der Waals surface area contributed by atoms with Crippen molar-refractivity contribution in [1.29, 1.82) is 0 Å². The van der Waals surface area contributed by atoms with Crippen molar-refractivity contribution in [2.24, 2.45) is 4.99 Å². The van der Waals surface area contributed by atoms with Gasteiger partial charge in [0.25, 0.3) is 0 Å². The van der Waals surface area contributed by atoms with Gasteiger partial charge in [0.1, 0.15) is 5.01 Å². The molecule has 2 N–H and O–H groups in total. The van der Waals surface area contributed by atoms with Gasteiger partial charge in [0.15, 0.2) is 5.96 Å². The van der Waals surface area contributed by atoms with Crippen molar-refractivity contribution < 1.29 is 4.74 Å². The number of benzene rings is 1. The number of halogens is 2. The number of guanidine groups is 1. The highest BCUT2D eigenvalue weighted by Gasteiger charge is 2.15. The van der Waals surface area contributed by atoms with Crippen molar-refractivity contribution in [3.63, 3.8) is 0 Å². The van der Waals surface area contributed by atoms with Crippen LogP contribution >= 0.6 is 46.9 Å². The van der Waals surface area contributed by atoms with Crippen molar-refractivity contribution in [1.82, 2.24) is 15.6 Å². The van der Waals surface area contributed by atoms with Gasteiger partial charge in [-0.15, -0.1) is 35.3 Å². The topological polar surface area (TPSA) is 58.5 Å². The van der Waals surface area contributed by atoms with E-state index in [-0.39, 0.29) is 24.0 Å². The predicted octanol–water partition coefficient (Wildman–Crippen LogP) is 3.41. The molecule has 1 aliphatic heterocycles. The lowest BCUT2D eigenvalue weighted by atomic mass is 10.2. The lowest BCUT2D eigenvalue weighted by Gasteiger charge is -2.14. The van der Waals surface area contributed by atoms with Crippen LogP contribution in [-0.2, 0) is 11.3 Å². The second kappa shape index (κ2) is 9.00. The highest BCUT2D eigenvalue weighted by Crippen LogP contribution is 2.24. The van der Waals surface area contributed by atoms with Crippen molar-refractivity contribution in [3.05, 3.63) is 28.2 Å². The lowest BCUT2D eigenvalue weighted by molar-refractivity contribution is 0.114. The summed E-state index contributed by atoms with van der Waals surface area (Å²) in [6, 6.07) is 5.78. The second-order valence-corrected chi connectivity index (χ2v) is 6.71. The fourth-order valence-electron chi connectivity index (χ4n) is 2.42. The summed E-state index contributed by atoms with van der Waals surface area (Å²) in [4.78, 5) is 8.81. The number of hydrogen-bond acceptors (Lipinski definition) is 4. The van der Waals surface area contributed by atoms with E-state index in [1.54, 1.807) is 18.4 Å². The molecule has 1 aromatic heterocycles. The van der Waals surface area contributed by atoms with Gasteiger partial charge >= 0.3 is 0 Å². The number of fused-ring (bicyclic) bond motifs is 1. The van der Waals surface area contributed by atoms with Gasteiger partial charge in [-0.3, -0.25) is 4.99 Å². The van der Waals surface area contributed by atoms with Crippen LogP contribution in [0.15, 0.2) is 23.2 Å². The Labute approximate surface area is 161 Å². The Hall–Kier alpha value is -0.640. The minimum absolute atomic E-state index is 0. The number of ether oxygens (including phenoxy) is 1. The molecule has 1 aliphatic rings. The van der Waals surface area contributed by atoms with Crippen LogP contribution in [0.3, 0.4) is 0 Å². The summed E-state index contributed by atoms with van der Waals surface area (Å²) in [6.45, 7) is 2.30. The van der Waals surface area contributed by atoms with Crippen molar-refractivity contribution in [2.45, 2.75) is 25.5 Å². The molecule has 3 rings (SSSR count).